The SMILES string of the molecule is CCC(C)(C)Oc1ccc(C(=N)N)cc1Br. The lowest BCUT2D eigenvalue weighted by molar-refractivity contribution is 0.104. The van der Waals surface area contributed by atoms with Crippen molar-refractivity contribution in [2.24, 2.45) is 5.73 Å². The van der Waals surface area contributed by atoms with E-state index in [2.05, 4.69) is 22.9 Å². The Hall–Kier alpha value is -1.03. The molecule has 0 spiro atoms. The van der Waals surface area contributed by atoms with E-state index in [1.807, 2.05) is 19.9 Å². The fraction of sp³-hybridized carbons (Fsp3) is 0.417. The molecule has 0 aromatic heterocycles. The first-order valence-electron chi connectivity index (χ1n) is 5.18. The van der Waals surface area contributed by atoms with Crippen molar-refractivity contribution in [2.75, 3.05) is 0 Å². The summed E-state index contributed by atoms with van der Waals surface area (Å²) in [4.78, 5) is 0. The zero-order valence-electron chi connectivity index (χ0n) is 9.80. The van der Waals surface area contributed by atoms with Gasteiger partial charge in [-0.15, -0.1) is 0 Å². The molecule has 88 valence electrons. The molecule has 0 aliphatic rings. The number of ether oxygens (including phenoxy) is 1. The number of rotatable bonds is 4. The number of benzene rings is 1. The van der Waals surface area contributed by atoms with Gasteiger partial charge in [0.05, 0.1) is 4.47 Å². The number of hydrogen-bond acceptors (Lipinski definition) is 2. The van der Waals surface area contributed by atoms with Crippen molar-refractivity contribution >= 4 is 21.8 Å². The van der Waals surface area contributed by atoms with Crippen LogP contribution in [0.4, 0.5) is 0 Å². The molecule has 1 aromatic rings. The molecule has 1 rings (SSSR count). The maximum Gasteiger partial charge on any atom is 0.134 e. The third-order valence-electron chi connectivity index (χ3n) is 2.48. The average molecular weight is 285 g/mol. The number of nitrogen functional groups attached to an aromatic ring is 1. The minimum atomic E-state index is -0.194. The predicted octanol–water partition coefficient (Wildman–Crippen LogP) is 3.30. The topological polar surface area (TPSA) is 59.1 Å². The first-order valence-corrected chi connectivity index (χ1v) is 5.98. The van der Waals surface area contributed by atoms with E-state index in [1.165, 1.54) is 0 Å². The average Bonchev–Trinajstić information content (AvgIpc) is 2.20. The van der Waals surface area contributed by atoms with Gasteiger partial charge in [0.15, 0.2) is 0 Å². The van der Waals surface area contributed by atoms with E-state index in [0.29, 0.717) is 5.56 Å². The van der Waals surface area contributed by atoms with Crippen LogP contribution in [0.1, 0.15) is 32.8 Å². The zero-order valence-corrected chi connectivity index (χ0v) is 11.4. The number of hydrogen-bond donors (Lipinski definition) is 2. The Morgan fingerprint density at radius 2 is 2.12 bits per heavy atom. The molecule has 16 heavy (non-hydrogen) atoms. The molecular formula is C12H17BrN2O. The summed E-state index contributed by atoms with van der Waals surface area (Å²) < 4.78 is 6.68. The Kier molecular flexibility index (Phi) is 3.97. The van der Waals surface area contributed by atoms with Crippen molar-refractivity contribution in [3.8, 4) is 5.75 Å². The van der Waals surface area contributed by atoms with Crippen LogP contribution in [0.5, 0.6) is 5.75 Å². The van der Waals surface area contributed by atoms with Crippen LogP contribution in [0.2, 0.25) is 0 Å². The highest BCUT2D eigenvalue weighted by atomic mass is 79.9. The fourth-order valence-corrected chi connectivity index (χ4v) is 1.58. The Balaban J connectivity index is 2.96. The normalized spacial score (nSPS) is 11.2. The summed E-state index contributed by atoms with van der Waals surface area (Å²) in [5.41, 5.74) is 5.90. The van der Waals surface area contributed by atoms with Crippen LogP contribution in [0.25, 0.3) is 0 Å². The summed E-state index contributed by atoms with van der Waals surface area (Å²) in [5, 5.41) is 7.33. The van der Waals surface area contributed by atoms with Gasteiger partial charge in [0.25, 0.3) is 0 Å². The van der Waals surface area contributed by atoms with Crippen LogP contribution in [0.3, 0.4) is 0 Å². The van der Waals surface area contributed by atoms with Crippen LogP contribution in [0.15, 0.2) is 22.7 Å². The molecule has 0 radical (unpaired) electrons. The maximum atomic E-state index is 7.33. The van der Waals surface area contributed by atoms with Gasteiger partial charge in [-0.05, 0) is 54.4 Å². The van der Waals surface area contributed by atoms with Crippen LogP contribution >= 0.6 is 15.9 Å². The lowest BCUT2D eigenvalue weighted by atomic mass is 10.1. The Morgan fingerprint density at radius 1 is 1.50 bits per heavy atom. The second kappa shape index (κ2) is 4.87. The molecular weight excluding hydrogens is 268 g/mol. The lowest BCUT2D eigenvalue weighted by Gasteiger charge is -2.25. The van der Waals surface area contributed by atoms with Gasteiger partial charge in [0.1, 0.15) is 17.2 Å². The maximum absolute atomic E-state index is 7.33. The summed E-state index contributed by atoms with van der Waals surface area (Å²) in [7, 11) is 0. The first kappa shape index (κ1) is 13.0. The molecule has 0 aliphatic carbocycles. The molecule has 0 heterocycles. The predicted molar refractivity (Wildman–Crippen MR) is 70.2 cm³/mol. The summed E-state index contributed by atoms with van der Waals surface area (Å²) in [6.45, 7) is 6.16. The zero-order chi connectivity index (χ0) is 12.3. The highest BCUT2D eigenvalue weighted by Gasteiger charge is 2.18. The molecule has 0 bridgehead atoms. The number of nitrogens with one attached hydrogen (secondary N) is 1. The van der Waals surface area contributed by atoms with E-state index in [4.69, 9.17) is 15.9 Å². The third-order valence-corrected chi connectivity index (χ3v) is 3.10. The standard InChI is InChI=1S/C12H17BrN2O/c1-4-12(2,3)16-10-6-5-8(11(14)15)7-9(10)13/h5-7H,4H2,1-3H3,(H3,14,15). The van der Waals surface area contributed by atoms with Gasteiger partial charge in [-0.25, -0.2) is 0 Å². The minimum Gasteiger partial charge on any atom is -0.487 e. The van der Waals surface area contributed by atoms with Crippen molar-refractivity contribution in [1.29, 1.82) is 5.41 Å². The smallest absolute Gasteiger partial charge is 0.134 e. The van der Waals surface area contributed by atoms with Crippen LogP contribution in [-0.2, 0) is 0 Å². The van der Waals surface area contributed by atoms with Gasteiger partial charge in [0, 0.05) is 5.56 Å². The van der Waals surface area contributed by atoms with Gasteiger partial charge in [-0.1, -0.05) is 6.92 Å². The van der Waals surface area contributed by atoms with Gasteiger partial charge >= 0.3 is 0 Å². The molecule has 0 atom stereocenters. The quantitative estimate of drug-likeness (QED) is 0.658. The highest BCUT2D eigenvalue weighted by Crippen LogP contribution is 2.30. The van der Waals surface area contributed by atoms with Crippen molar-refractivity contribution in [2.45, 2.75) is 32.8 Å². The number of nitrogens with two attached hydrogens (primary N) is 1. The molecule has 0 unspecified atom stereocenters. The minimum absolute atomic E-state index is 0.0574. The third kappa shape index (κ3) is 3.23. The van der Waals surface area contributed by atoms with E-state index in [-0.39, 0.29) is 11.4 Å². The number of halogens is 1. The molecule has 3 nitrogen and oxygen atoms in total. The van der Waals surface area contributed by atoms with E-state index < -0.39 is 0 Å². The number of amidine groups is 1. The lowest BCUT2D eigenvalue weighted by Crippen LogP contribution is -2.27. The molecule has 0 amide bonds. The second-order valence-corrected chi connectivity index (χ2v) is 5.13. The molecule has 0 fully saturated rings. The van der Waals surface area contributed by atoms with Crippen LogP contribution in [0, 0.1) is 5.41 Å². The summed E-state index contributed by atoms with van der Waals surface area (Å²) in [6, 6.07) is 5.41. The van der Waals surface area contributed by atoms with Crippen molar-refractivity contribution in [1.82, 2.24) is 0 Å². The molecule has 3 N–H and O–H groups in total. The van der Waals surface area contributed by atoms with Gasteiger partial charge in [-0.2, -0.15) is 0 Å². The van der Waals surface area contributed by atoms with Crippen molar-refractivity contribution < 1.29 is 4.74 Å². The fourth-order valence-electron chi connectivity index (χ4n) is 1.12. The van der Waals surface area contributed by atoms with Gasteiger partial charge < -0.3 is 10.5 Å². The van der Waals surface area contributed by atoms with E-state index in [0.717, 1.165) is 16.6 Å². The Bertz CT molecular complexity index is 402. The summed E-state index contributed by atoms with van der Waals surface area (Å²) in [5.74, 6) is 0.832. The molecule has 4 heteroatoms. The molecule has 0 saturated carbocycles. The second-order valence-electron chi connectivity index (χ2n) is 4.27. The van der Waals surface area contributed by atoms with E-state index in [9.17, 15) is 0 Å². The van der Waals surface area contributed by atoms with Crippen LogP contribution < -0.4 is 10.5 Å². The van der Waals surface area contributed by atoms with E-state index >= 15 is 0 Å². The first-order chi connectivity index (χ1) is 7.35. The van der Waals surface area contributed by atoms with E-state index in [1.54, 1.807) is 12.1 Å². The Morgan fingerprint density at radius 3 is 2.56 bits per heavy atom. The summed E-state index contributed by atoms with van der Waals surface area (Å²) in [6.07, 6.45) is 0.925. The molecule has 0 aliphatic heterocycles. The monoisotopic (exact) mass is 284 g/mol. The Labute approximate surface area is 105 Å². The molecule has 0 saturated heterocycles. The van der Waals surface area contributed by atoms with Crippen molar-refractivity contribution in [3.05, 3.63) is 28.2 Å². The highest BCUT2D eigenvalue weighted by molar-refractivity contribution is 9.10. The summed E-state index contributed by atoms with van der Waals surface area (Å²) >= 11 is 3.42. The van der Waals surface area contributed by atoms with Crippen LogP contribution in [-0.4, -0.2) is 11.4 Å². The van der Waals surface area contributed by atoms with Gasteiger partial charge in [-0.3, -0.25) is 5.41 Å². The molecule has 1 aromatic carbocycles. The van der Waals surface area contributed by atoms with Gasteiger partial charge in [0.2, 0.25) is 0 Å². The largest absolute Gasteiger partial charge is 0.487 e. The van der Waals surface area contributed by atoms with Crippen molar-refractivity contribution in [3.63, 3.8) is 0 Å².